The van der Waals surface area contributed by atoms with Crippen molar-refractivity contribution in [2.75, 3.05) is 5.32 Å². The second-order valence-corrected chi connectivity index (χ2v) is 7.02. The smallest absolute Gasteiger partial charge is 0.310 e. The van der Waals surface area contributed by atoms with Crippen LogP contribution in [0, 0.1) is 5.41 Å². The van der Waals surface area contributed by atoms with Crippen molar-refractivity contribution in [3.63, 3.8) is 0 Å². The molecular formula is C20H20ClNO4. The molecule has 6 heteroatoms. The lowest BCUT2D eigenvalue weighted by Gasteiger charge is -2.36. The van der Waals surface area contributed by atoms with Crippen LogP contribution in [-0.4, -0.2) is 17.0 Å². The van der Waals surface area contributed by atoms with E-state index in [2.05, 4.69) is 5.32 Å². The highest BCUT2D eigenvalue weighted by Gasteiger charge is 2.45. The van der Waals surface area contributed by atoms with Gasteiger partial charge in [-0.1, -0.05) is 42.3 Å². The third-order valence-electron chi connectivity index (χ3n) is 4.71. The first-order chi connectivity index (χ1) is 12.5. The van der Waals surface area contributed by atoms with E-state index in [0.29, 0.717) is 35.9 Å². The van der Waals surface area contributed by atoms with Crippen molar-refractivity contribution in [1.82, 2.24) is 0 Å². The van der Waals surface area contributed by atoms with Crippen LogP contribution in [0.2, 0.25) is 5.02 Å². The SMILES string of the molecule is O=C(CC1(C(=O)O)CCC1)Nc1ccccc1OCc1cccc(Cl)c1. The minimum atomic E-state index is -0.916. The van der Waals surface area contributed by atoms with Crippen LogP contribution in [0.1, 0.15) is 31.2 Å². The molecule has 2 aromatic rings. The fraction of sp³-hybridized carbons (Fsp3) is 0.300. The quantitative estimate of drug-likeness (QED) is 0.749. The summed E-state index contributed by atoms with van der Waals surface area (Å²) in [6.45, 7) is 0.312. The van der Waals surface area contributed by atoms with Gasteiger partial charge in [-0.15, -0.1) is 0 Å². The molecule has 26 heavy (non-hydrogen) atoms. The molecule has 3 rings (SSSR count). The first kappa shape index (κ1) is 18.3. The number of anilines is 1. The van der Waals surface area contributed by atoms with E-state index in [0.717, 1.165) is 12.0 Å². The van der Waals surface area contributed by atoms with Crippen LogP contribution in [0.3, 0.4) is 0 Å². The number of hydrogen-bond acceptors (Lipinski definition) is 3. The van der Waals surface area contributed by atoms with Gasteiger partial charge in [0, 0.05) is 11.4 Å². The third kappa shape index (κ3) is 4.17. The van der Waals surface area contributed by atoms with E-state index in [9.17, 15) is 14.7 Å². The van der Waals surface area contributed by atoms with E-state index in [-0.39, 0.29) is 12.3 Å². The number of amides is 1. The second kappa shape index (κ2) is 7.79. The number of hydrogen-bond donors (Lipinski definition) is 2. The standard InChI is InChI=1S/C20H20ClNO4/c21-15-6-3-5-14(11-15)13-26-17-8-2-1-7-16(17)22-18(23)12-20(19(24)25)9-4-10-20/h1-3,5-8,11H,4,9-10,12-13H2,(H,22,23)(H,24,25). The Balaban J connectivity index is 1.65. The van der Waals surface area contributed by atoms with Crippen molar-refractivity contribution in [2.24, 2.45) is 5.41 Å². The lowest BCUT2D eigenvalue weighted by Crippen LogP contribution is -2.41. The molecule has 0 heterocycles. The molecule has 1 aliphatic rings. The molecule has 0 bridgehead atoms. The molecule has 1 fully saturated rings. The monoisotopic (exact) mass is 373 g/mol. The molecule has 0 spiro atoms. The first-order valence-corrected chi connectivity index (χ1v) is 8.86. The van der Waals surface area contributed by atoms with Crippen LogP contribution in [0.15, 0.2) is 48.5 Å². The summed E-state index contributed by atoms with van der Waals surface area (Å²) in [6, 6.07) is 14.5. The zero-order valence-electron chi connectivity index (χ0n) is 14.2. The van der Waals surface area contributed by atoms with E-state index in [1.54, 1.807) is 24.3 Å². The van der Waals surface area contributed by atoms with E-state index in [4.69, 9.17) is 16.3 Å². The Hall–Kier alpha value is -2.53. The van der Waals surface area contributed by atoms with Gasteiger partial charge in [0.05, 0.1) is 11.1 Å². The molecule has 1 saturated carbocycles. The zero-order valence-corrected chi connectivity index (χ0v) is 15.0. The Morgan fingerprint density at radius 1 is 1.15 bits per heavy atom. The number of carbonyl (C=O) groups is 2. The summed E-state index contributed by atoms with van der Waals surface area (Å²) >= 11 is 5.97. The van der Waals surface area contributed by atoms with Crippen molar-refractivity contribution >= 4 is 29.2 Å². The molecule has 2 aromatic carbocycles. The van der Waals surface area contributed by atoms with Gasteiger partial charge in [-0.25, -0.2) is 0 Å². The largest absolute Gasteiger partial charge is 0.487 e. The normalized spacial score (nSPS) is 15.0. The lowest BCUT2D eigenvalue weighted by atomic mass is 9.66. The molecule has 0 atom stereocenters. The number of halogens is 1. The molecule has 0 aromatic heterocycles. The number of nitrogens with one attached hydrogen (secondary N) is 1. The second-order valence-electron chi connectivity index (χ2n) is 6.58. The summed E-state index contributed by atoms with van der Waals surface area (Å²) in [5, 5.41) is 12.8. The van der Waals surface area contributed by atoms with Crippen molar-refractivity contribution in [2.45, 2.75) is 32.3 Å². The molecule has 0 radical (unpaired) electrons. The van der Waals surface area contributed by atoms with Crippen LogP contribution in [-0.2, 0) is 16.2 Å². The number of ether oxygens (including phenoxy) is 1. The van der Waals surface area contributed by atoms with Gasteiger partial charge < -0.3 is 15.2 Å². The molecular weight excluding hydrogens is 354 g/mol. The van der Waals surface area contributed by atoms with Crippen molar-refractivity contribution < 1.29 is 19.4 Å². The molecule has 0 aliphatic heterocycles. The molecule has 1 amide bonds. The van der Waals surface area contributed by atoms with Gasteiger partial charge in [0.15, 0.2) is 0 Å². The maximum atomic E-state index is 12.3. The van der Waals surface area contributed by atoms with Crippen LogP contribution in [0.25, 0.3) is 0 Å². The van der Waals surface area contributed by atoms with Crippen LogP contribution in [0.4, 0.5) is 5.69 Å². The fourth-order valence-corrected chi connectivity index (χ4v) is 3.27. The van der Waals surface area contributed by atoms with E-state index in [1.807, 2.05) is 24.3 Å². The average molecular weight is 374 g/mol. The van der Waals surface area contributed by atoms with E-state index >= 15 is 0 Å². The average Bonchev–Trinajstić information content (AvgIpc) is 2.57. The first-order valence-electron chi connectivity index (χ1n) is 8.48. The van der Waals surface area contributed by atoms with Gasteiger partial charge in [-0.3, -0.25) is 9.59 Å². The maximum absolute atomic E-state index is 12.3. The number of benzene rings is 2. The molecule has 0 saturated heterocycles. The van der Waals surface area contributed by atoms with Crippen molar-refractivity contribution in [1.29, 1.82) is 0 Å². The fourth-order valence-electron chi connectivity index (χ4n) is 3.06. The summed E-state index contributed by atoms with van der Waals surface area (Å²) in [4.78, 5) is 23.8. The highest BCUT2D eigenvalue weighted by Crippen LogP contribution is 2.44. The van der Waals surface area contributed by atoms with Crippen LogP contribution >= 0.6 is 11.6 Å². The summed E-state index contributed by atoms with van der Waals surface area (Å²) in [5.74, 6) is -0.686. The number of para-hydroxylation sites is 2. The number of rotatable bonds is 7. The third-order valence-corrected chi connectivity index (χ3v) is 4.94. The Morgan fingerprint density at radius 3 is 2.58 bits per heavy atom. The van der Waals surface area contributed by atoms with Gasteiger partial charge in [-0.2, -0.15) is 0 Å². The zero-order chi connectivity index (χ0) is 18.6. The maximum Gasteiger partial charge on any atom is 0.310 e. The minimum absolute atomic E-state index is 0.0229. The Kier molecular flexibility index (Phi) is 5.47. The molecule has 5 nitrogen and oxygen atoms in total. The molecule has 1 aliphatic carbocycles. The van der Waals surface area contributed by atoms with Gasteiger partial charge in [0.2, 0.25) is 5.91 Å². The molecule has 2 N–H and O–H groups in total. The van der Waals surface area contributed by atoms with Crippen LogP contribution in [0.5, 0.6) is 5.75 Å². The number of carboxylic acid groups (broad SMARTS) is 1. The van der Waals surface area contributed by atoms with Gasteiger partial charge in [-0.05, 0) is 42.7 Å². The topological polar surface area (TPSA) is 75.6 Å². The summed E-state index contributed by atoms with van der Waals surface area (Å²) < 4.78 is 5.81. The summed E-state index contributed by atoms with van der Waals surface area (Å²) in [5.41, 5.74) is 0.526. The Morgan fingerprint density at radius 2 is 1.92 bits per heavy atom. The van der Waals surface area contributed by atoms with Gasteiger partial charge in [0.25, 0.3) is 0 Å². The highest BCUT2D eigenvalue weighted by molar-refractivity contribution is 6.30. The van der Waals surface area contributed by atoms with E-state index < -0.39 is 11.4 Å². The minimum Gasteiger partial charge on any atom is -0.487 e. The number of aliphatic carboxylic acids is 1. The molecule has 0 unspecified atom stereocenters. The summed E-state index contributed by atoms with van der Waals surface area (Å²) in [7, 11) is 0. The number of carboxylic acids is 1. The van der Waals surface area contributed by atoms with Crippen molar-refractivity contribution in [3.05, 3.63) is 59.1 Å². The van der Waals surface area contributed by atoms with E-state index in [1.165, 1.54) is 0 Å². The number of carbonyl (C=O) groups excluding carboxylic acids is 1. The lowest BCUT2D eigenvalue weighted by molar-refractivity contribution is -0.157. The molecule has 136 valence electrons. The predicted octanol–water partition coefficient (Wildman–Crippen LogP) is 4.50. The van der Waals surface area contributed by atoms with Crippen LogP contribution < -0.4 is 10.1 Å². The Labute approximate surface area is 156 Å². The van der Waals surface area contributed by atoms with Gasteiger partial charge in [0.1, 0.15) is 12.4 Å². The predicted molar refractivity (Wildman–Crippen MR) is 99.4 cm³/mol. The Bertz CT molecular complexity index is 817. The summed E-state index contributed by atoms with van der Waals surface area (Å²) in [6.07, 6.45) is 1.91. The van der Waals surface area contributed by atoms with Crippen molar-refractivity contribution in [3.8, 4) is 5.75 Å². The highest BCUT2D eigenvalue weighted by atomic mass is 35.5. The van der Waals surface area contributed by atoms with Gasteiger partial charge >= 0.3 is 5.97 Å².